The molecule has 0 aliphatic carbocycles. The molecule has 4 unspecified atom stereocenters. The summed E-state index contributed by atoms with van der Waals surface area (Å²) in [5.41, 5.74) is 0. The molecule has 4 atom stereocenters. The van der Waals surface area contributed by atoms with Gasteiger partial charge in [-0.15, -0.1) is 11.8 Å². The van der Waals surface area contributed by atoms with Gasteiger partial charge in [0.05, 0.1) is 5.37 Å². The largest absolute Gasteiger partial charge is 0.303 e. The van der Waals surface area contributed by atoms with Crippen molar-refractivity contribution < 1.29 is 0 Å². The fourth-order valence-electron chi connectivity index (χ4n) is 1.85. The summed E-state index contributed by atoms with van der Waals surface area (Å²) in [6, 6.07) is 0.707. The van der Waals surface area contributed by atoms with Crippen LogP contribution in [0.1, 0.15) is 27.2 Å². The Labute approximate surface area is 74.3 Å². The zero-order valence-corrected chi connectivity index (χ0v) is 8.74. The number of hydrogen-bond acceptors (Lipinski definition) is 2. The predicted octanol–water partition coefficient (Wildman–Crippen LogP) is 2.33. The molecule has 66 valence electrons. The minimum Gasteiger partial charge on any atom is -0.303 e. The maximum absolute atomic E-state index is 3.61. The molecule has 1 fully saturated rings. The van der Waals surface area contributed by atoms with E-state index in [2.05, 4.69) is 32.3 Å². The molecule has 0 spiro atoms. The van der Waals surface area contributed by atoms with Gasteiger partial charge < -0.3 is 5.32 Å². The standard InChI is InChI=1S/C9H19NS/c1-6-5-7(2)10-9(11-4)8(6)3/h6-10H,5H2,1-4H3. The van der Waals surface area contributed by atoms with Crippen LogP contribution in [0.2, 0.25) is 0 Å². The Morgan fingerprint density at radius 3 is 2.45 bits per heavy atom. The van der Waals surface area contributed by atoms with E-state index in [1.54, 1.807) is 0 Å². The fraction of sp³-hybridized carbons (Fsp3) is 1.00. The third-order valence-corrected chi connectivity index (χ3v) is 3.88. The van der Waals surface area contributed by atoms with E-state index in [0.29, 0.717) is 11.4 Å². The van der Waals surface area contributed by atoms with Gasteiger partial charge in [0.25, 0.3) is 0 Å². The van der Waals surface area contributed by atoms with E-state index in [0.717, 1.165) is 11.8 Å². The normalized spacial score (nSPS) is 45.8. The number of rotatable bonds is 1. The zero-order chi connectivity index (χ0) is 8.43. The second-order valence-corrected chi connectivity index (χ2v) is 4.78. The summed E-state index contributed by atoms with van der Waals surface area (Å²) in [5, 5.41) is 4.28. The first-order chi connectivity index (χ1) is 5.15. The van der Waals surface area contributed by atoms with Gasteiger partial charge in [-0.05, 0) is 31.4 Å². The number of piperidine rings is 1. The molecule has 1 rings (SSSR count). The van der Waals surface area contributed by atoms with Crippen LogP contribution >= 0.6 is 11.8 Å². The Kier molecular flexibility index (Phi) is 3.26. The molecule has 2 heteroatoms. The predicted molar refractivity (Wildman–Crippen MR) is 52.8 cm³/mol. The average Bonchev–Trinajstić information content (AvgIpc) is 1.96. The molecule has 1 N–H and O–H groups in total. The van der Waals surface area contributed by atoms with Crippen LogP contribution in [-0.4, -0.2) is 17.7 Å². The van der Waals surface area contributed by atoms with Crippen LogP contribution in [0, 0.1) is 11.8 Å². The highest BCUT2D eigenvalue weighted by atomic mass is 32.2. The Bertz CT molecular complexity index is 127. The van der Waals surface area contributed by atoms with Gasteiger partial charge in [-0.1, -0.05) is 13.8 Å². The van der Waals surface area contributed by atoms with Gasteiger partial charge >= 0.3 is 0 Å². The number of nitrogens with one attached hydrogen (secondary N) is 1. The minimum atomic E-state index is 0.675. The van der Waals surface area contributed by atoms with Crippen LogP contribution in [0.4, 0.5) is 0 Å². The van der Waals surface area contributed by atoms with Crippen molar-refractivity contribution in [1.82, 2.24) is 5.32 Å². The van der Waals surface area contributed by atoms with E-state index in [1.807, 2.05) is 11.8 Å². The quantitative estimate of drug-likeness (QED) is 0.653. The summed E-state index contributed by atoms with van der Waals surface area (Å²) in [6.45, 7) is 7.00. The molecule has 0 amide bonds. The number of thioether (sulfide) groups is 1. The van der Waals surface area contributed by atoms with Crippen LogP contribution < -0.4 is 5.32 Å². The van der Waals surface area contributed by atoms with E-state index in [-0.39, 0.29) is 0 Å². The van der Waals surface area contributed by atoms with Crippen LogP contribution in [0.25, 0.3) is 0 Å². The second kappa shape index (κ2) is 3.81. The lowest BCUT2D eigenvalue weighted by Crippen LogP contribution is -2.46. The lowest BCUT2D eigenvalue weighted by Gasteiger charge is -2.37. The summed E-state index contributed by atoms with van der Waals surface area (Å²) < 4.78 is 0. The third kappa shape index (κ3) is 2.12. The lowest BCUT2D eigenvalue weighted by atomic mass is 9.86. The van der Waals surface area contributed by atoms with Crippen molar-refractivity contribution in [3.05, 3.63) is 0 Å². The Morgan fingerprint density at radius 2 is 1.91 bits per heavy atom. The molecule has 1 heterocycles. The highest BCUT2D eigenvalue weighted by Crippen LogP contribution is 2.30. The summed E-state index contributed by atoms with van der Waals surface area (Å²) in [7, 11) is 0. The van der Waals surface area contributed by atoms with Gasteiger partial charge in [-0.3, -0.25) is 0 Å². The fourth-order valence-corrected chi connectivity index (χ4v) is 2.92. The first-order valence-electron chi connectivity index (χ1n) is 4.44. The maximum atomic E-state index is 3.61. The zero-order valence-electron chi connectivity index (χ0n) is 7.92. The topological polar surface area (TPSA) is 12.0 Å². The molecule has 1 saturated heterocycles. The monoisotopic (exact) mass is 173 g/mol. The van der Waals surface area contributed by atoms with E-state index in [4.69, 9.17) is 0 Å². The lowest BCUT2D eigenvalue weighted by molar-refractivity contribution is 0.233. The molecular formula is C9H19NS. The summed E-state index contributed by atoms with van der Waals surface area (Å²) >= 11 is 1.95. The molecule has 0 aromatic carbocycles. The van der Waals surface area contributed by atoms with Crippen LogP contribution in [-0.2, 0) is 0 Å². The third-order valence-electron chi connectivity index (χ3n) is 2.80. The summed E-state index contributed by atoms with van der Waals surface area (Å²) in [5.74, 6) is 1.70. The summed E-state index contributed by atoms with van der Waals surface area (Å²) in [4.78, 5) is 0. The van der Waals surface area contributed by atoms with Crippen molar-refractivity contribution in [2.45, 2.75) is 38.6 Å². The van der Waals surface area contributed by atoms with Gasteiger partial charge in [0.2, 0.25) is 0 Å². The molecule has 1 nitrogen and oxygen atoms in total. The number of hydrogen-bond donors (Lipinski definition) is 1. The van der Waals surface area contributed by atoms with Crippen LogP contribution in [0.5, 0.6) is 0 Å². The smallest absolute Gasteiger partial charge is 0.0559 e. The van der Waals surface area contributed by atoms with E-state index in [1.165, 1.54) is 6.42 Å². The van der Waals surface area contributed by atoms with Crippen LogP contribution in [0.3, 0.4) is 0 Å². The molecule has 11 heavy (non-hydrogen) atoms. The molecule has 0 bridgehead atoms. The van der Waals surface area contributed by atoms with Crippen molar-refractivity contribution in [3.63, 3.8) is 0 Å². The van der Waals surface area contributed by atoms with Gasteiger partial charge in [0.1, 0.15) is 0 Å². The summed E-state index contributed by atoms with van der Waals surface area (Å²) in [6.07, 6.45) is 3.52. The first-order valence-corrected chi connectivity index (χ1v) is 5.72. The highest BCUT2D eigenvalue weighted by molar-refractivity contribution is 7.99. The molecule has 0 aromatic rings. The SMILES string of the molecule is CSC1NC(C)CC(C)C1C. The van der Waals surface area contributed by atoms with Crippen molar-refractivity contribution in [1.29, 1.82) is 0 Å². The van der Waals surface area contributed by atoms with Gasteiger partial charge in [0, 0.05) is 6.04 Å². The first kappa shape index (κ1) is 9.40. The Hall–Kier alpha value is 0.310. The van der Waals surface area contributed by atoms with Gasteiger partial charge in [0.15, 0.2) is 0 Å². The molecule has 0 aromatic heterocycles. The maximum Gasteiger partial charge on any atom is 0.0559 e. The molecule has 0 saturated carbocycles. The van der Waals surface area contributed by atoms with E-state index < -0.39 is 0 Å². The van der Waals surface area contributed by atoms with Crippen molar-refractivity contribution in [2.75, 3.05) is 6.26 Å². The highest BCUT2D eigenvalue weighted by Gasteiger charge is 2.29. The molecule has 1 aliphatic rings. The second-order valence-electron chi connectivity index (χ2n) is 3.80. The van der Waals surface area contributed by atoms with E-state index >= 15 is 0 Å². The molecule has 1 aliphatic heterocycles. The average molecular weight is 173 g/mol. The Balaban J connectivity index is 2.51. The van der Waals surface area contributed by atoms with Crippen LogP contribution in [0.15, 0.2) is 0 Å². The molecular weight excluding hydrogens is 154 g/mol. The van der Waals surface area contributed by atoms with Crippen molar-refractivity contribution in [2.24, 2.45) is 11.8 Å². The van der Waals surface area contributed by atoms with Gasteiger partial charge in [-0.2, -0.15) is 0 Å². The van der Waals surface area contributed by atoms with Gasteiger partial charge in [-0.25, -0.2) is 0 Å². The van der Waals surface area contributed by atoms with Crippen molar-refractivity contribution in [3.8, 4) is 0 Å². The molecule has 0 radical (unpaired) electrons. The minimum absolute atomic E-state index is 0.675. The van der Waals surface area contributed by atoms with E-state index in [9.17, 15) is 0 Å². The Morgan fingerprint density at radius 1 is 1.27 bits per heavy atom. The van der Waals surface area contributed by atoms with Crippen molar-refractivity contribution >= 4 is 11.8 Å².